The summed E-state index contributed by atoms with van der Waals surface area (Å²) in [5.41, 5.74) is 9.75. The van der Waals surface area contributed by atoms with Crippen molar-refractivity contribution < 1.29 is 4.79 Å². The maximum Gasteiger partial charge on any atom is 0.268 e. The summed E-state index contributed by atoms with van der Waals surface area (Å²) in [5.74, 6) is 1.44. The Hall–Kier alpha value is -3.27. The van der Waals surface area contributed by atoms with Crippen LogP contribution in [0.3, 0.4) is 0 Å². The quantitative estimate of drug-likeness (QED) is 0.770. The average molecular weight is 362 g/mol. The van der Waals surface area contributed by atoms with Gasteiger partial charge >= 0.3 is 0 Å². The Morgan fingerprint density at radius 3 is 2.59 bits per heavy atom. The van der Waals surface area contributed by atoms with Crippen molar-refractivity contribution >= 4 is 16.9 Å². The number of amides is 1. The van der Waals surface area contributed by atoms with Crippen LogP contribution < -0.4 is 5.73 Å². The van der Waals surface area contributed by atoms with Crippen molar-refractivity contribution in [1.82, 2.24) is 19.5 Å². The van der Waals surface area contributed by atoms with Crippen molar-refractivity contribution in [2.75, 3.05) is 0 Å². The van der Waals surface area contributed by atoms with E-state index >= 15 is 0 Å². The summed E-state index contributed by atoms with van der Waals surface area (Å²) in [6.07, 6.45) is 6.61. The molecular formula is C20H22N6O. The number of nitrogens with two attached hydrogens (primary N) is 1. The number of nitrogens with zero attached hydrogens (tertiary/aromatic N) is 5. The topological polar surface area (TPSA) is 110 Å². The van der Waals surface area contributed by atoms with Crippen LogP contribution >= 0.6 is 0 Å². The molecule has 2 aromatic heterocycles. The van der Waals surface area contributed by atoms with E-state index in [2.05, 4.69) is 27.7 Å². The van der Waals surface area contributed by atoms with Gasteiger partial charge in [-0.1, -0.05) is 0 Å². The summed E-state index contributed by atoms with van der Waals surface area (Å²) in [6, 6.07) is 6.11. The lowest BCUT2D eigenvalue weighted by Gasteiger charge is -2.01. The van der Waals surface area contributed by atoms with E-state index in [9.17, 15) is 4.79 Å². The number of rotatable bonds is 3. The molecule has 2 heterocycles. The Balaban J connectivity index is 0.000000180. The molecule has 1 aromatic carbocycles. The highest BCUT2D eigenvalue weighted by Gasteiger charge is 2.24. The number of fused-ring (bicyclic) bond motifs is 1. The second-order valence-corrected chi connectivity index (χ2v) is 6.86. The lowest BCUT2D eigenvalue weighted by molar-refractivity contribution is 0.0995. The summed E-state index contributed by atoms with van der Waals surface area (Å²) in [7, 11) is 2.07. The van der Waals surface area contributed by atoms with Crippen LogP contribution in [0.5, 0.6) is 0 Å². The molecule has 4 rings (SSSR count). The molecule has 0 spiro atoms. The highest BCUT2D eigenvalue weighted by atomic mass is 16.1. The van der Waals surface area contributed by atoms with Crippen molar-refractivity contribution in [3.8, 4) is 6.07 Å². The molecule has 1 aliphatic rings. The molecule has 1 fully saturated rings. The van der Waals surface area contributed by atoms with E-state index in [1.807, 2.05) is 19.1 Å². The van der Waals surface area contributed by atoms with Gasteiger partial charge in [0.15, 0.2) is 0 Å². The predicted molar refractivity (Wildman–Crippen MR) is 102 cm³/mol. The number of imidazole rings is 1. The van der Waals surface area contributed by atoms with E-state index < -0.39 is 5.91 Å². The minimum absolute atomic E-state index is 0.200. The van der Waals surface area contributed by atoms with Gasteiger partial charge in [-0.05, 0) is 50.3 Å². The molecule has 1 amide bonds. The summed E-state index contributed by atoms with van der Waals surface area (Å²) >= 11 is 0. The highest BCUT2D eigenvalue weighted by molar-refractivity contribution is 5.90. The summed E-state index contributed by atoms with van der Waals surface area (Å²) in [5, 5.41) is 9.02. The lowest BCUT2D eigenvalue weighted by Crippen LogP contribution is -2.13. The number of benzene rings is 1. The first kappa shape index (κ1) is 18.5. The Labute approximate surface area is 157 Å². The minimum Gasteiger partial charge on any atom is -0.364 e. The molecule has 2 N–H and O–H groups in total. The van der Waals surface area contributed by atoms with Crippen LogP contribution in [-0.4, -0.2) is 25.4 Å². The SMILES string of the molecule is Cc1c(C#N)ccc2c1nc(CC1CC1)n2C.Cc1cnc(C(N)=O)cn1. The molecule has 0 radical (unpaired) electrons. The van der Waals surface area contributed by atoms with E-state index in [1.165, 1.54) is 25.2 Å². The summed E-state index contributed by atoms with van der Waals surface area (Å²) in [4.78, 5) is 22.7. The fraction of sp³-hybridized carbons (Fsp3) is 0.350. The van der Waals surface area contributed by atoms with E-state index in [0.29, 0.717) is 0 Å². The molecule has 1 aliphatic carbocycles. The minimum atomic E-state index is -0.549. The van der Waals surface area contributed by atoms with Crippen LogP contribution in [0.2, 0.25) is 0 Å². The fourth-order valence-electron chi connectivity index (χ4n) is 2.84. The average Bonchev–Trinajstić information content (AvgIpc) is 3.41. The number of primary amides is 1. The number of aryl methyl sites for hydroxylation is 3. The molecule has 27 heavy (non-hydrogen) atoms. The largest absolute Gasteiger partial charge is 0.364 e. The van der Waals surface area contributed by atoms with Crippen molar-refractivity contribution in [2.24, 2.45) is 18.7 Å². The van der Waals surface area contributed by atoms with Gasteiger partial charge in [0.05, 0.1) is 34.6 Å². The number of hydrogen-bond donors (Lipinski definition) is 1. The van der Waals surface area contributed by atoms with Crippen molar-refractivity contribution in [2.45, 2.75) is 33.1 Å². The third-order valence-electron chi connectivity index (χ3n) is 4.72. The van der Waals surface area contributed by atoms with Crippen LogP contribution in [0.15, 0.2) is 24.5 Å². The number of nitriles is 1. The fourth-order valence-corrected chi connectivity index (χ4v) is 2.84. The molecule has 3 aromatic rings. The molecule has 1 saturated carbocycles. The molecule has 0 aliphatic heterocycles. The molecule has 0 bridgehead atoms. The number of carbonyl (C=O) groups is 1. The summed E-state index contributed by atoms with van der Waals surface area (Å²) < 4.78 is 2.17. The first-order valence-electron chi connectivity index (χ1n) is 8.84. The molecule has 0 unspecified atom stereocenters. The second kappa shape index (κ2) is 7.54. The zero-order valence-electron chi connectivity index (χ0n) is 15.7. The summed E-state index contributed by atoms with van der Waals surface area (Å²) in [6.45, 7) is 3.77. The van der Waals surface area contributed by atoms with E-state index in [0.717, 1.165) is 46.0 Å². The van der Waals surface area contributed by atoms with Crippen LogP contribution in [0.1, 0.15) is 46.0 Å². The van der Waals surface area contributed by atoms with Crippen molar-refractivity contribution in [3.05, 3.63) is 52.9 Å². The standard InChI is InChI=1S/C14H15N3.C6H7N3O/c1-9-11(8-15)5-6-12-14(9)16-13(17(12)2)7-10-3-4-10;1-4-2-9-5(3-8-4)6(7)10/h5-6,10H,3-4,7H2,1-2H3;2-3H,1H3,(H2,7,10). The Kier molecular flexibility index (Phi) is 5.17. The number of hydrogen-bond acceptors (Lipinski definition) is 5. The van der Waals surface area contributed by atoms with Crippen LogP contribution in [0.25, 0.3) is 11.0 Å². The van der Waals surface area contributed by atoms with Gasteiger partial charge in [0.1, 0.15) is 11.5 Å². The van der Waals surface area contributed by atoms with E-state index in [4.69, 9.17) is 16.0 Å². The van der Waals surface area contributed by atoms with Gasteiger partial charge in [-0.15, -0.1) is 0 Å². The smallest absolute Gasteiger partial charge is 0.268 e. The number of carbonyl (C=O) groups excluding carboxylic acids is 1. The molecule has 7 heteroatoms. The molecule has 0 atom stereocenters. The lowest BCUT2D eigenvalue weighted by atomic mass is 10.1. The monoisotopic (exact) mass is 362 g/mol. The molecular weight excluding hydrogens is 340 g/mol. The first-order valence-corrected chi connectivity index (χ1v) is 8.84. The van der Waals surface area contributed by atoms with E-state index in [-0.39, 0.29) is 5.69 Å². The third-order valence-corrected chi connectivity index (χ3v) is 4.72. The maximum absolute atomic E-state index is 10.4. The van der Waals surface area contributed by atoms with Gasteiger partial charge in [0, 0.05) is 19.7 Å². The van der Waals surface area contributed by atoms with Gasteiger partial charge in [-0.25, -0.2) is 9.97 Å². The predicted octanol–water partition coefficient (Wildman–Crippen LogP) is 2.59. The zero-order chi connectivity index (χ0) is 19.6. The Morgan fingerprint density at radius 1 is 1.30 bits per heavy atom. The van der Waals surface area contributed by atoms with Crippen molar-refractivity contribution in [1.29, 1.82) is 5.26 Å². The molecule has 0 saturated heterocycles. The van der Waals surface area contributed by atoms with Gasteiger partial charge in [0.2, 0.25) is 0 Å². The van der Waals surface area contributed by atoms with Crippen molar-refractivity contribution in [3.63, 3.8) is 0 Å². The normalized spacial score (nSPS) is 13.0. The van der Waals surface area contributed by atoms with Crippen LogP contribution in [0.4, 0.5) is 0 Å². The zero-order valence-corrected chi connectivity index (χ0v) is 15.7. The Morgan fingerprint density at radius 2 is 2.04 bits per heavy atom. The third kappa shape index (κ3) is 4.11. The van der Waals surface area contributed by atoms with Crippen LogP contribution in [-0.2, 0) is 13.5 Å². The van der Waals surface area contributed by atoms with Gasteiger partial charge in [0.25, 0.3) is 5.91 Å². The van der Waals surface area contributed by atoms with E-state index in [1.54, 1.807) is 6.92 Å². The first-order chi connectivity index (χ1) is 12.9. The number of aromatic nitrogens is 4. The van der Waals surface area contributed by atoms with Gasteiger partial charge < -0.3 is 10.3 Å². The van der Waals surface area contributed by atoms with Crippen LogP contribution in [0, 0.1) is 31.1 Å². The maximum atomic E-state index is 10.4. The van der Waals surface area contributed by atoms with Gasteiger partial charge in [-0.3, -0.25) is 9.78 Å². The Bertz CT molecular complexity index is 1030. The highest BCUT2D eigenvalue weighted by Crippen LogP contribution is 2.33. The molecule has 7 nitrogen and oxygen atoms in total. The molecule has 138 valence electrons. The van der Waals surface area contributed by atoms with Gasteiger partial charge in [-0.2, -0.15) is 5.26 Å². The second-order valence-electron chi connectivity index (χ2n) is 6.86.